The van der Waals surface area contributed by atoms with Crippen molar-refractivity contribution in [2.24, 2.45) is 0 Å². The van der Waals surface area contributed by atoms with Gasteiger partial charge in [0.1, 0.15) is 5.69 Å². The average Bonchev–Trinajstić information content (AvgIpc) is 2.90. The molecule has 2 amide bonds. The summed E-state index contributed by atoms with van der Waals surface area (Å²) < 4.78 is 0. The van der Waals surface area contributed by atoms with Gasteiger partial charge in [0.15, 0.2) is 0 Å². The number of hydrogen-bond donors (Lipinski definition) is 1. The Labute approximate surface area is 151 Å². The molecule has 26 heavy (non-hydrogen) atoms. The number of H-pyrrole nitrogens is 1. The lowest BCUT2D eigenvalue weighted by Gasteiger charge is -2.22. The van der Waals surface area contributed by atoms with Crippen molar-refractivity contribution < 1.29 is 9.59 Å². The zero-order valence-corrected chi connectivity index (χ0v) is 14.8. The van der Waals surface area contributed by atoms with Crippen LogP contribution in [0.4, 0.5) is 0 Å². The van der Waals surface area contributed by atoms with E-state index in [9.17, 15) is 14.4 Å². The molecule has 1 aromatic carbocycles. The Morgan fingerprint density at radius 2 is 1.69 bits per heavy atom. The van der Waals surface area contributed by atoms with Crippen molar-refractivity contribution >= 4 is 11.8 Å². The minimum absolute atomic E-state index is 0.0744. The van der Waals surface area contributed by atoms with Gasteiger partial charge in [-0.2, -0.15) is 5.10 Å². The van der Waals surface area contributed by atoms with Crippen LogP contribution < -0.4 is 5.56 Å². The summed E-state index contributed by atoms with van der Waals surface area (Å²) >= 11 is 0. The van der Waals surface area contributed by atoms with E-state index in [-0.39, 0.29) is 23.1 Å². The molecule has 1 aliphatic rings. The second-order valence-corrected chi connectivity index (χ2v) is 6.50. The fraction of sp³-hybridized carbons (Fsp3) is 0.368. The van der Waals surface area contributed by atoms with Crippen molar-refractivity contribution in [2.45, 2.75) is 19.8 Å². The van der Waals surface area contributed by atoms with Crippen LogP contribution in [0.1, 0.15) is 28.0 Å². The molecular formula is C19H22N4O3. The van der Waals surface area contributed by atoms with Gasteiger partial charge in [-0.3, -0.25) is 14.4 Å². The van der Waals surface area contributed by atoms with Crippen LogP contribution in [0, 0.1) is 6.92 Å². The highest BCUT2D eigenvalue weighted by Gasteiger charge is 2.23. The summed E-state index contributed by atoms with van der Waals surface area (Å²) in [7, 11) is 0. The predicted molar refractivity (Wildman–Crippen MR) is 96.8 cm³/mol. The summed E-state index contributed by atoms with van der Waals surface area (Å²) in [5.41, 5.74) is 2.03. The van der Waals surface area contributed by atoms with Gasteiger partial charge in [-0.25, -0.2) is 5.10 Å². The molecule has 0 aliphatic carbocycles. The third kappa shape index (κ3) is 4.36. The van der Waals surface area contributed by atoms with E-state index in [0.717, 1.165) is 5.56 Å². The minimum atomic E-state index is -0.342. The number of rotatable bonds is 3. The minimum Gasteiger partial charge on any atom is -0.341 e. The van der Waals surface area contributed by atoms with E-state index in [1.807, 2.05) is 36.1 Å². The normalized spacial score (nSPS) is 14.8. The van der Waals surface area contributed by atoms with Gasteiger partial charge in [-0.1, -0.05) is 29.8 Å². The summed E-state index contributed by atoms with van der Waals surface area (Å²) in [4.78, 5) is 39.6. The Hall–Kier alpha value is -2.96. The maximum atomic E-state index is 12.6. The lowest BCUT2D eigenvalue weighted by atomic mass is 10.1. The van der Waals surface area contributed by atoms with E-state index in [2.05, 4.69) is 10.2 Å². The maximum absolute atomic E-state index is 12.6. The molecule has 2 heterocycles. The Bertz CT molecular complexity index is 824. The first-order valence-electron chi connectivity index (χ1n) is 8.71. The molecule has 1 fully saturated rings. The predicted octanol–water partition coefficient (Wildman–Crippen LogP) is 0.996. The largest absolute Gasteiger partial charge is 0.341 e. The van der Waals surface area contributed by atoms with Gasteiger partial charge in [0, 0.05) is 32.2 Å². The molecule has 1 aliphatic heterocycles. The fourth-order valence-corrected chi connectivity index (χ4v) is 2.99. The molecule has 1 saturated heterocycles. The number of aryl methyl sites for hydroxylation is 1. The first kappa shape index (κ1) is 17.8. The SMILES string of the molecule is Cc1ccc(CC(=O)N2CCCN(C(=O)c3ccc(=O)[nH]n3)CC2)cc1. The fourth-order valence-electron chi connectivity index (χ4n) is 2.99. The average molecular weight is 354 g/mol. The van der Waals surface area contributed by atoms with Gasteiger partial charge in [-0.15, -0.1) is 0 Å². The second kappa shape index (κ2) is 7.95. The van der Waals surface area contributed by atoms with Gasteiger partial charge >= 0.3 is 0 Å². The molecule has 1 N–H and O–H groups in total. The van der Waals surface area contributed by atoms with Crippen LogP contribution in [0.25, 0.3) is 0 Å². The van der Waals surface area contributed by atoms with Crippen molar-refractivity contribution in [1.29, 1.82) is 0 Å². The number of aromatic amines is 1. The summed E-state index contributed by atoms with van der Waals surface area (Å²) in [6.45, 7) is 4.17. The van der Waals surface area contributed by atoms with E-state index >= 15 is 0 Å². The third-order valence-corrected chi connectivity index (χ3v) is 4.51. The molecule has 136 valence electrons. The molecule has 7 heteroatoms. The molecule has 0 spiro atoms. The molecule has 0 atom stereocenters. The van der Waals surface area contributed by atoms with Gasteiger partial charge in [0.05, 0.1) is 6.42 Å². The molecular weight excluding hydrogens is 332 g/mol. The number of aromatic nitrogens is 2. The van der Waals surface area contributed by atoms with Crippen LogP contribution >= 0.6 is 0 Å². The van der Waals surface area contributed by atoms with E-state index in [1.165, 1.54) is 17.7 Å². The number of nitrogens with zero attached hydrogens (tertiary/aromatic N) is 3. The third-order valence-electron chi connectivity index (χ3n) is 4.51. The highest BCUT2D eigenvalue weighted by atomic mass is 16.2. The molecule has 1 aromatic heterocycles. The first-order chi connectivity index (χ1) is 12.5. The molecule has 0 unspecified atom stereocenters. The number of carbonyl (C=O) groups is 2. The van der Waals surface area contributed by atoms with E-state index < -0.39 is 0 Å². The van der Waals surface area contributed by atoms with Gasteiger partial charge in [0.2, 0.25) is 5.91 Å². The Balaban J connectivity index is 1.59. The topological polar surface area (TPSA) is 86.4 Å². The lowest BCUT2D eigenvalue weighted by molar-refractivity contribution is -0.130. The Morgan fingerprint density at radius 1 is 1.00 bits per heavy atom. The zero-order chi connectivity index (χ0) is 18.5. The van der Waals surface area contributed by atoms with Crippen molar-refractivity contribution in [2.75, 3.05) is 26.2 Å². The monoisotopic (exact) mass is 354 g/mol. The second-order valence-electron chi connectivity index (χ2n) is 6.50. The standard InChI is InChI=1S/C19H22N4O3/c1-14-3-5-15(6-4-14)13-18(25)22-9-2-10-23(12-11-22)19(26)16-7-8-17(24)21-20-16/h3-8H,2,9-13H2,1H3,(H,21,24). The number of nitrogens with one attached hydrogen (secondary N) is 1. The van der Waals surface area contributed by atoms with E-state index in [1.54, 1.807) is 4.90 Å². The molecule has 0 bridgehead atoms. The summed E-state index contributed by atoms with van der Waals surface area (Å²) in [6, 6.07) is 10.7. The zero-order valence-electron chi connectivity index (χ0n) is 14.8. The van der Waals surface area contributed by atoms with Gasteiger partial charge in [0.25, 0.3) is 11.5 Å². The van der Waals surface area contributed by atoms with Gasteiger partial charge < -0.3 is 9.80 Å². The quantitative estimate of drug-likeness (QED) is 0.891. The summed E-state index contributed by atoms with van der Waals surface area (Å²) in [5.74, 6) is -0.153. The van der Waals surface area contributed by atoms with E-state index in [0.29, 0.717) is 39.0 Å². The lowest BCUT2D eigenvalue weighted by Crippen LogP contribution is -2.38. The number of benzene rings is 1. The van der Waals surface area contributed by atoms with Crippen molar-refractivity contribution in [3.05, 3.63) is 63.6 Å². The Kier molecular flexibility index (Phi) is 5.46. The van der Waals surface area contributed by atoms with Crippen molar-refractivity contribution in [3.8, 4) is 0 Å². The number of amides is 2. The van der Waals surface area contributed by atoms with Crippen LogP contribution in [0.15, 0.2) is 41.2 Å². The molecule has 2 aromatic rings. The molecule has 3 rings (SSSR count). The molecule has 0 radical (unpaired) electrons. The van der Waals surface area contributed by atoms with Crippen LogP contribution in [0.5, 0.6) is 0 Å². The maximum Gasteiger partial charge on any atom is 0.274 e. The smallest absolute Gasteiger partial charge is 0.274 e. The van der Waals surface area contributed by atoms with Crippen LogP contribution in [-0.2, 0) is 11.2 Å². The van der Waals surface area contributed by atoms with Crippen LogP contribution in [-0.4, -0.2) is 58.0 Å². The highest BCUT2D eigenvalue weighted by molar-refractivity contribution is 5.92. The molecule has 0 saturated carbocycles. The number of carbonyl (C=O) groups excluding carboxylic acids is 2. The summed E-state index contributed by atoms with van der Waals surface area (Å²) in [6.07, 6.45) is 1.09. The Morgan fingerprint density at radius 3 is 2.38 bits per heavy atom. The van der Waals surface area contributed by atoms with Crippen LogP contribution in [0.3, 0.4) is 0 Å². The first-order valence-corrected chi connectivity index (χ1v) is 8.71. The highest BCUT2D eigenvalue weighted by Crippen LogP contribution is 2.10. The van der Waals surface area contributed by atoms with Crippen LogP contribution in [0.2, 0.25) is 0 Å². The van der Waals surface area contributed by atoms with E-state index in [4.69, 9.17) is 0 Å². The van der Waals surface area contributed by atoms with Gasteiger partial charge in [-0.05, 0) is 25.0 Å². The number of hydrogen-bond acceptors (Lipinski definition) is 4. The molecule has 7 nitrogen and oxygen atoms in total. The summed E-state index contributed by atoms with van der Waals surface area (Å²) in [5, 5.41) is 6.07. The van der Waals surface area contributed by atoms with Crippen molar-refractivity contribution in [1.82, 2.24) is 20.0 Å². The van der Waals surface area contributed by atoms with Crippen molar-refractivity contribution in [3.63, 3.8) is 0 Å².